The van der Waals surface area contributed by atoms with Gasteiger partial charge in [0.2, 0.25) is 0 Å². The molecule has 17 heavy (non-hydrogen) atoms. The molecule has 0 radical (unpaired) electrons. The average Bonchev–Trinajstić information content (AvgIpc) is 2.26. The van der Waals surface area contributed by atoms with Crippen LogP contribution in [-0.4, -0.2) is 24.7 Å². The van der Waals surface area contributed by atoms with Gasteiger partial charge in [0, 0.05) is 0 Å². The smallest absolute Gasteiger partial charge is 0.326 e. The SMILES string of the molecule is CCCC(CCC)(NCC(C)C)C(=O)OCC. The highest BCUT2D eigenvalue weighted by atomic mass is 16.5. The fourth-order valence-corrected chi connectivity index (χ4v) is 2.10. The van der Waals surface area contributed by atoms with Crippen LogP contribution in [0.5, 0.6) is 0 Å². The van der Waals surface area contributed by atoms with Crippen LogP contribution in [0.3, 0.4) is 0 Å². The van der Waals surface area contributed by atoms with Gasteiger partial charge in [0.05, 0.1) is 6.61 Å². The van der Waals surface area contributed by atoms with E-state index in [1.165, 1.54) is 0 Å². The van der Waals surface area contributed by atoms with E-state index in [1.807, 2.05) is 6.92 Å². The van der Waals surface area contributed by atoms with E-state index in [1.54, 1.807) is 0 Å². The normalized spacial score (nSPS) is 11.9. The highest BCUT2D eigenvalue weighted by Gasteiger charge is 2.37. The van der Waals surface area contributed by atoms with E-state index in [9.17, 15) is 4.79 Å². The number of esters is 1. The van der Waals surface area contributed by atoms with Crippen LogP contribution in [0, 0.1) is 5.92 Å². The zero-order valence-electron chi connectivity index (χ0n) is 12.1. The Morgan fingerprint density at radius 2 is 1.71 bits per heavy atom. The topological polar surface area (TPSA) is 38.3 Å². The molecular formula is C14H29NO2. The standard InChI is InChI=1S/C14H29NO2/c1-6-9-14(10-7-2,13(16)17-8-3)15-11-12(4)5/h12,15H,6-11H2,1-5H3. The molecule has 0 aromatic heterocycles. The quantitative estimate of drug-likeness (QED) is 0.632. The molecule has 0 heterocycles. The fraction of sp³-hybridized carbons (Fsp3) is 0.929. The summed E-state index contributed by atoms with van der Waals surface area (Å²) in [6.45, 7) is 11.7. The Hall–Kier alpha value is -0.570. The van der Waals surface area contributed by atoms with Gasteiger partial charge in [0.25, 0.3) is 0 Å². The third kappa shape index (κ3) is 5.53. The van der Waals surface area contributed by atoms with E-state index >= 15 is 0 Å². The monoisotopic (exact) mass is 243 g/mol. The minimum atomic E-state index is -0.468. The Morgan fingerprint density at radius 1 is 1.18 bits per heavy atom. The van der Waals surface area contributed by atoms with Crippen molar-refractivity contribution in [3.05, 3.63) is 0 Å². The summed E-state index contributed by atoms with van der Waals surface area (Å²) in [6.07, 6.45) is 3.69. The highest BCUT2D eigenvalue weighted by Crippen LogP contribution is 2.22. The Bertz CT molecular complexity index is 208. The third-order valence-corrected chi connectivity index (χ3v) is 2.87. The van der Waals surface area contributed by atoms with Gasteiger partial charge in [0.1, 0.15) is 5.54 Å². The van der Waals surface area contributed by atoms with Crippen molar-refractivity contribution in [1.29, 1.82) is 0 Å². The summed E-state index contributed by atoms with van der Waals surface area (Å²) in [7, 11) is 0. The van der Waals surface area contributed by atoms with Crippen molar-refractivity contribution in [2.24, 2.45) is 5.92 Å². The maximum atomic E-state index is 12.2. The molecule has 0 saturated carbocycles. The molecule has 0 bridgehead atoms. The Labute approximate surface area is 106 Å². The average molecular weight is 243 g/mol. The minimum absolute atomic E-state index is 0.0793. The van der Waals surface area contributed by atoms with Crippen LogP contribution in [0.4, 0.5) is 0 Å². The molecule has 3 heteroatoms. The molecule has 1 N–H and O–H groups in total. The highest BCUT2D eigenvalue weighted by molar-refractivity contribution is 5.80. The molecule has 0 rings (SSSR count). The van der Waals surface area contributed by atoms with Crippen LogP contribution in [0.15, 0.2) is 0 Å². The maximum Gasteiger partial charge on any atom is 0.326 e. The molecule has 0 aromatic rings. The van der Waals surface area contributed by atoms with Gasteiger partial charge in [-0.3, -0.25) is 4.79 Å². The van der Waals surface area contributed by atoms with Gasteiger partial charge in [-0.1, -0.05) is 40.5 Å². The van der Waals surface area contributed by atoms with E-state index in [-0.39, 0.29) is 5.97 Å². The molecule has 0 aliphatic heterocycles. The first kappa shape index (κ1) is 16.4. The first-order valence-corrected chi connectivity index (χ1v) is 6.94. The lowest BCUT2D eigenvalue weighted by molar-refractivity contribution is -0.152. The minimum Gasteiger partial charge on any atom is -0.465 e. The van der Waals surface area contributed by atoms with Crippen LogP contribution in [0.2, 0.25) is 0 Å². The van der Waals surface area contributed by atoms with Gasteiger partial charge < -0.3 is 10.1 Å². The summed E-state index contributed by atoms with van der Waals surface area (Å²) < 4.78 is 5.24. The fourth-order valence-electron chi connectivity index (χ4n) is 2.10. The Kier molecular flexibility index (Phi) is 8.23. The summed E-state index contributed by atoms with van der Waals surface area (Å²) in [5.74, 6) is 0.460. The Morgan fingerprint density at radius 3 is 2.06 bits per heavy atom. The molecule has 0 spiro atoms. The van der Waals surface area contributed by atoms with Gasteiger partial charge in [0.15, 0.2) is 0 Å². The van der Waals surface area contributed by atoms with Crippen molar-refractivity contribution in [3.8, 4) is 0 Å². The summed E-state index contributed by atoms with van der Waals surface area (Å²) in [5, 5.41) is 3.44. The molecule has 0 aliphatic carbocycles. The number of carbonyl (C=O) groups excluding carboxylic acids is 1. The van der Waals surface area contributed by atoms with Crippen LogP contribution in [-0.2, 0) is 9.53 Å². The predicted octanol–water partition coefficient (Wildman–Crippen LogP) is 3.13. The van der Waals surface area contributed by atoms with Crippen LogP contribution in [0.25, 0.3) is 0 Å². The zero-order valence-corrected chi connectivity index (χ0v) is 12.1. The predicted molar refractivity (Wildman–Crippen MR) is 72.0 cm³/mol. The second-order valence-corrected chi connectivity index (χ2v) is 5.08. The van der Waals surface area contributed by atoms with Gasteiger partial charge in [-0.2, -0.15) is 0 Å². The second-order valence-electron chi connectivity index (χ2n) is 5.08. The third-order valence-electron chi connectivity index (χ3n) is 2.87. The second kappa shape index (κ2) is 8.51. The molecule has 0 aromatic carbocycles. The molecule has 0 atom stereocenters. The van der Waals surface area contributed by atoms with Gasteiger partial charge in [-0.05, 0) is 32.2 Å². The largest absolute Gasteiger partial charge is 0.465 e. The van der Waals surface area contributed by atoms with Crippen molar-refractivity contribution < 1.29 is 9.53 Å². The van der Waals surface area contributed by atoms with Crippen LogP contribution in [0.1, 0.15) is 60.3 Å². The molecule has 3 nitrogen and oxygen atoms in total. The number of nitrogens with one attached hydrogen (secondary N) is 1. The van der Waals surface area contributed by atoms with E-state index in [0.29, 0.717) is 12.5 Å². The molecule has 0 aliphatic rings. The molecular weight excluding hydrogens is 214 g/mol. The number of carbonyl (C=O) groups is 1. The van der Waals surface area contributed by atoms with Crippen molar-refractivity contribution in [2.75, 3.05) is 13.2 Å². The molecule has 0 fully saturated rings. The molecule has 0 amide bonds. The lowest BCUT2D eigenvalue weighted by Crippen LogP contribution is -2.54. The van der Waals surface area contributed by atoms with Crippen molar-refractivity contribution in [2.45, 2.75) is 65.8 Å². The van der Waals surface area contributed by atoms with E-state index in [0.717, 1.165) is 32.2 Å². The number of hydrogen-bond donors (Lipinski definition) is 1. The van der Waals surface area contributed by atoms with Gasteiger partial charge in [-0.25, -0.2) is 0 Å². The number of ether oxygens (including phenoxy) is 1. The van der Waals surface area contributed by atoms with E-state index in [4.69, 9.17) is 4.74 Å². The van der Waals surface area contributed by atoms with E-state index < -0.39 is 5.54 Å². The van der Waals surface area contributed by atoms with Crippen LogP contribution < -0.4 is 5.32 Å². The summed E-state index contributed by atoms with van der Waals surface area (Å²) in [5.41, 5.74) is -0.468. The lowest BCUT2D eigenvalue weighted by Gasteiger charge is -2.33. The first-order chi connectivity index (χ1) is 8.02. The van der Waals surface area contributed by atoms with E-state index in [2.05, 4.69) is 33.0 Å². The number of rotatable bonds is 9. The van der Waals surface area contributed by atoms with Crippen LogP contribution >= 0.6 is 0 Å². The van der Waals surface area contributed by atoms with Gasteiger partial charge >= 0.3 is 5.97 Å². The van der Waals surface area contributed by atoms with Crippen molar-refractivity contribution in [1.82, 2.24) is 5.32 Å². The molecule has 0 saturated heterocycles. The lowest BCUT2D eigenvalue weighted by atomic mass is 9.88. The summed E-state index contributed by atoms with van der Waals surface area (Å²) >= 11 is 0. The summed E-state index contributed by atoms with van der Waals surface area (Å²) in [6, 6.07) is 0. The van der Waals surface area contributed by atoms with Gasteiger partial charge in [-0.15, -0.1) is 0 Å². The molecule has 0 unspecified atom stereocenters. The zero-order chi connectivity index (χ0) is 13.3. The summed E-state index contributed by atoms with van der Waals surface area (Å²) in [4.78, 5) is 12.2. The number of hydrogen-bond acceptors (Lipinski definition) is 3. The maximum absolute atomic E-state index is 12.2. The van der Waals surface area contributed by atoms with Crippen molar-refractivity contribution in [3.63, 3.8) is 0 Å². The first-order valence-electron chi connectivity index (χ1n) is 6.94. The van der Waals surface area contributed by atoms with Crippen molar-refractivity contribution >= 4 is 5.97 Å². The Balaban J connectivity index is 4.76. The molecule has 102 valence electrons.